The third-order valence-corrected chi connectivity index (χ3v) is 5.73. The molecule has 2 N–H and O–H groups in total. The lowest BCUT2D eigenvalue weighted by molar-refractivity contribution is 0.583. The van der Waals surface area contributed by atoms with Gasteiger partial charge < -0.3 is 5.32 Å². The second-order valence-electron chi connectivity index (χ2n) is 4.13. The zero-order chi connectivity index (χ0) is 13.9. The molecular weight excluding hydrogens is 280 g/mol. The van der Waals surface area contributed by atoms with Crippen molar-refractivity contribution in [2.45, 2.75) is 25.3 Å². The fourth-order valence-corrected chi connectivity index (χ4v) is 4.94. The lowest BCUT2D eigenvalue weighted by Crippen LogP contribution is -2.24. The van der Waals surface area contributed by atoms with Crippen LogP contribution in [-0.2, 0) is 16.6 Å². The van der Waals surface area contributed by atoms with Crippen LogP contribution >= 0.6 is 11.3 Å². The fourth-order valence-electron chi connectivity index (χ4n) is 1.98. The quantitative estimate of drug-likeness (QED) is 0.860. The van der Waals surface area contributed by atoms with Gasteiger partial charge in [0.25, 0.3) is 0 Å². The lowest BCUT2D eigenvalue weighted by atomic mass is 10.2. The molecule has 1 heterocycles. The van der Waals surface area contributed by atoms with E-state index in [0.29, 0.717) is 18.0 Å². The van der Waals surface area contributed by atoms with Crippen LogP contribution in [0, 0.1) is 0 Å². The largest absolute Gasteiger partial charge is 0.312 e. The van der Waals surface area contributed by atoms with Crippen LogP contribution in [0.2, 0.25) is 0 Å². The second-order valence-corrected chi connectivity index (χ2v) is 6.97. The van der Waals surface area contributed by atoms with Crippen molar-refractivity contribution in [3.05, 3.63) is 29.1 Å². The molecule has 1 aromatic heterocycles. The van der Waals surface area contributed by atoms with Crippen LogP contribution in [0.3, 0.4) is 0 Å². The summed E-state index contributed by atoms with van der Waals surface area (Å²) in [7, 11) is -3.43. The first-order chi connectivity index (χ1) is 9.10. The third-order valence-electron chi connectivity index (χ3n) is 2.76. The molecule has 0 atom stereocenters. The smallest absolute Gasteiger partial charge is 0.242 e. The summed E-state index contributed by atoms with van der Waals surface area (Å²) in [5, 5.41) is 4.01. The maximum atomic E-state index is 12.4. The van der Waals surface area contributed by atoms with Gasteiger partial charge >= 0.3 is 0 Å². The number of rotatable bonds is 6. The molecule has 0 amide bonds. The monoisotopic (exact) mass is 298 g/mol. The van der Waals surface area contributed by atoms with E-state index in [1.54, 1.807) is 6.92 Å². The molecule has 2 aromatic rings. The molecular formula is C13H18N2O2S2. The minimum Gasteiger partial charge on any atom is -0.312 e. The third kappa shape index (κ3) is 2.97. The Morgan fingerprint density at radius 1 is 1.16 bits per heavy atom. The topological polar surface area (TPSA) is 58.2 Å². The SMILES string of the molecule is CCNCc1sc2ccccc2c1S(=O)(=O)NCC. The second kappa shape index (κ2) is 6.00. The number of nitrogens with one attached hydrogen (secondary N) is 2. The zero-order valence-electron chi connectivity index (χ0n) is 11.1. The molecule has 0 radical (unpaired) electrons. The molecule has 0 unspecified atom stereocenters. The van der Waals surface area contributed by atoms with E-state index in [1.165, 1.54) is 11.3 Å². The average molecular weight is 298 g/mol. The molecule has 2 rings (SSSR count). The van der Waals surface area contributed by atoms with Gasteiger partial charge in [-0.3, -0.25) is 0 Å². The first-order valence-electron chi connectivity index (χ1n) is 6.31. The highest BCUT2D eigenvalue weighted by Crippen LogP contribution is 2.34. The number of hydrogen-bond donors (Lipinski definition) is 2. The summed E-state index contributed by atoms with van der Waals surface area (Å²) in [4.78, 5) is 1.29. The van der Waals surface area contributed by atoms with Gasteiger partial charge in [0.2, 0.25) is 10.0 Å². The van der Waals surface area contributed by atoms with E-state index >= 15 is 0 Å². The van der Waals surface area contributed by atoms with Crippen LogP contribution in [0.5, 0.6) is 0 Å². The Morgan fingerprint density at radius 2 is 1.89 bits per heavy atom. The molecule has 0 saturated heterocycles. The molecule has 4 nitrogen and oxygen atoms in total. The molecule has 0 aliphatic rings. The van der Waals surface area contributed by atoms with Crippen molar-refractivity contribution in [3.63, 3.8) is 0 Å². The zero-order valence-corrected chi connectivity index (χ0v) is 12.7. The van der Waals surface area contributed by atoms with Crippen LogP contribution in [0.15, 0.2) is 29.2 Å². The molecule has 0 spiro atoms. The van der Waals surface area contributed by atoms with E-state index in [1.807, 2.05) is 31.2 Å². The van der Waals surface area contributed by atoms with Gasteiger partial charge in [-0.25, -0.2) is 13.1 Å². The van der Waals surface area contributed by atoms with E-state index in [-0.39, 0.29) is 0 Å². The standard InChI is InChI=1S/C13H18N2O2S2/c1-3-14-9-12-13(19(16,17)15-4-2)10-7-5-6-8-11(10)18-12/h5-8,14-15H,3-4,9H2,1-2H3. The summed E-state index contributed by atoms with van der Waals surface area (Å²) in [6.45, 7) is 5.58. The van der Waals surface area contributed by atoms with Crippen molar-refractivity contribution >= 4 is 31.4 Å². The number of fused-ring (bicyclic) bond motifs is 1. The molecule has 0 bridgehead atoms. The summed E-state index contributed by atoms with van der Waals surface area (Å²) >= 11 is 1.53. The lowest BCUT2D eigenvalue weighted by Gasteiger charge is -2.07. The summed E-state index contributed by atoms with van der Waals surface area (Å²) in [6, 6.07) is 7.63. The van der Waals surface area contributed by atoms with Gasteiger partial charge in [0.15, 0.2) is 0 Å². The van der Waals surface area contributed by atoms with Gasteiger partial charge in [0.05, 0.1) is 0 Å². The Balaban J connectivity index is 2.60. The van der Waals surface area contributed by atoms with Crippen LogP contribution in [0.1, 0.15) is 18.7 Å². The summed E-state index contributed by atoms with van der Waals surface area (Å²) < 4.78 is 28.3. The molecule has 0 fully saturated rings. The van der Waals surface area contributed by atoms with E-state index < -0.39 is 10.0 Å². The van der Waals surface area contributed by atoms with Gasteiger partial charge in [-0.15, -0.1) is 11.3 Å². The number of thiophene rings is 1. The molecule has 104 valence electrons. The first kappa shape index (κ1) is 14.5. The Bertz CT molecular complexity index is 662. The molecule has 0 aliphatic carbocycles. The number of sulfonamides is 1. The van der Waals surface area contributed by atoms with Crippen molar-refractivity contribution in [3.8, 4) is 0 Å². The highest BCUT2D eigenvalue weighted by Gasteiger charge is 2.23. The first-order valence-corrected chi connectivity index (χ1v) is 8.61. The highest BCUT2D eigenvalue weighted by molar-refractivity contribution is 7.90. The maximum Gasteiger partial charge on any atom is 0.242 e. The average Bonchev–Trinajstić information content (AvgIpc) is 2.75. The van der Waals surface area contributed by atoms with Crippen molar-refractivity contribution in [2.24, 2.45) is 0 Å². The van der Waals surface area contributed by atoms with Gasteiger partial charge in [-0.1, -0.05) is 32.0 Å². The molecule has 19 heavy (non-hydrogen) atoms. The van der Waals surface area contributed by atoms with Crippen molar-refractivity contribution < 1.29 is 8.42 Å². The molecule has 1 aromatic carbocycles. The van der Waals surface area contributed by atoms with E-state index in [9.17, 15) is 8.42 Å². The Hall–Kier alpha value is -0.950. The Kier molecular flexibility index (Phi) is 4.57. The predicted molar refractivity (Wildman–Crippen MR) is 80.1 cm³/mol. The van der Waals surface area contributed by atoms with Gasteiger partial charge in [-0.05, 0) is 12.6 Å². The normalized spacial score (nSPS) is 12.1. The molecule has 0 aliphatic heterocycles. The van der Waals surface area contributed by atoms with Crippen molar-refractivity contribution in [1.29, 1.82) is 0 Å². The van der Waals surface area contributed by atoms with Crippen molar-refractivity contribution in [2.75, 3.05) is 13.1 Å². The van der Waals surface area contributed by atoms with Gasteiger partial charge in [-0.2, -0.15) is 0 Å². The Labute approximate surface area is 117 Å². The van der Waals surface area contributed by atoms with Gasteiger partial charge in [0.1, 0.15) is 4.90 Å². The minimum absolute atomic E-state index is 0.396. The van der Waals surface area contributed by atoms with Crippen LogP contribution in [0.4, 0.5) is 0 Å². The van der Waals surface area contributed by atoms with Gasteiger partial charge in [0, 0.05) is 28.1 Å². The van der Waals surface area contributed by atoms with Crippen LogP contribution in [-0.4, -0.2) is 21.5 Å². The summed E-state index contributed by atoms with van der Waals surface area (Å²) in [6.07, 6.45) is 0. The Morgan fingerprint density at radius 3 is 2.58 bits per heavy atom. The molecule has 0 saturated carbocycles. The van der Waals surface area contributed by atoms with Crippen molar-refractivity contribution in [1.82, 2.24) is 10.0 Å². The van der Waals surface area contributed by atoms with Crippen LogP contribution in [0.25, 0.3) is 10.1 Å². The van der Waals surface area contributed by atoms with Crippen LogP contribution < -0.4 is 10.0 Å². The van der Waals surface area contributed by atoms with E-state index in [4.69, 9.17) is 0 Å². The number of hydrogen-bond acceptors (Lipinski definition) is 4. The molecule has 6 heteroatoms. The maximum absolute atomic E-state index is 12.4. The van der Waals surface area contributed by atoms with E-state index in [2.05, 4.69) is 10.0 Å². The highest BCUT2D eigenvalue weighted by atomic mass is 32.2. The predicted octanol–water partition coefficient (Wildman–Crippen LogP) is 2.31. The minimum atomic E-state index is -3.43. The van der Waals surface area contributed by atoms with E-state index in [0.717, 1.165) is 21.5 Å². The summed E-state index contributed by atoms with van der Waals surface area (Å²) in [5.41, 5.74) is 0. The number of benzene rings is 1. The fraction of sp³-hybridized carbons (Fsp3) is 0.385. The summed E-state index contributed by atoms with van der Waals surface area (Å²) in [5.74, 6) is 0.